The number of hydrogen-bond acceptors (Lipinski definition) is 3. The molecule has 20 heavy (non-hydrogen) atoms. The summed E-state index contributed by atoms with van der Waals surface area (Å²) in [6.45, 7) is 1.80. The van der Waals surface area contributed by atoms with Crippen LogP contribution in [-0.2, 0) is 0 Å². The van der Waals surface area contributed by atoms with Gasteiger partial charge in [-0.3, -0.25) is 0 Å². The number of hydrogen-bond donors (Lipinski definition) is 2. The maximum atomic E-state index is 5.91. The van der Waals surface area contributed by atoms with E-state index in [0.29, 0.717) is 11.8 Å². The summed E-state index contributed by atoms with van der Waals surface area (Å²) in [5, 5.41) is 6.00. The zero-order valence-electron chi connectivity index (χ0n) is 11.9. The van der Waals surface area contributed by atoms with E-state index in [2.05, 4.69) is 40.6 Å². The van der Waals surface area contributed by atoms with Crippen LogP contribution >= 0.6 is 0 Å². The maximum absolute atomic E-state index is 5.91. The van der Waals surface area contributed by atoms with Crippen LogP contribution in [0.2, 0.25) is 0 Å². The van der Waals surface area contributed by atoms with Gasteiger partial charge in [0.25, 0.3) is 0 Å². The van der Waals surface area contributed by atoms with E-state index in [1.807, 2.05) is 6.20 Å². The monoisotopic (exact) mass is 269 g/mol. The molecule has 0 radical (unpaired) electrons. The first-order valence-electron chi connectivity index (χ1n) is 7.66. The second kappa shape index (κ2) is 6.23. The summed E-state index contributed by atoms with van der Waals surface area (Å²) in [7, 11) is 0. The van der Waals surface area contributed by atoms with Crippen LogP contribution in [0.5, 0.6) is 0 Å². The lowest BCUT2D eigenvalue weighted by atomic mass is 9.79. The molecule has 1 aromatic carbocycles. The highest BCUT2D eigenvalue weighted by Gasteiger charge is 2.23. The number of aromatic nitrogens is 1. The molecule has 2 unspecified atom stereocenters. The predicted octanol–water partition coefficient (Wildman–Crippen LogP) is 3.41. The summed E-state index contributed by atoms with van der Waals surface area (Å²) in [5.74, 6) is 2.37. The van der Waals surface area contributed by atoms with Crippen LogP contribution in [0, 0.1) is 11.8 Å². The van der Waals surface area contributed by atoms with Crippen molar-refractivity contribution < 1.29 is 0 Å². The largest absolute Gasteiger partial charge is 0.369 e. The Balaban J connectivity index is 1.73. The minimum absolute atomic E-state index is 0.672. The van der Waals surface area contributed by atoms with Crippen LogP contribution in [0.1, 0.15) is 25.7 Å². The highest BCUT2D eigenvalue weighted by molar-refractivity contribution is 5.91. The fourth-order valence-electron chi connectivity index (χ4n) is 3.35. The third-order valence-electron chi connectivity index (χ3n) is 4.57. The van der Waals surface area contributed by atoms with E-state index in [1.165, 1.54) is 36.5 Å². The lowest BCUT2D eigenvalue weighted by Gasteiger charge is -2.31. The Labute approximate surface area is 120 Å². The molecule has 0 saturated heterocycles. The van der Waals surface area contributed by atoms with Crippen LogP contribution in [0.4, 0.5) is 5.82 Å². The molecular formula is C17H23N3. The van der Waals surface area contributed by atoms with Gasteiger partial charge in [0.1, 0.15) is 5.82 Å². The highest BCUT2D eigenvalue weighted by Crippen LogP contribution is 2.30. The van der Waals surface area contributed by atoms with E-state index >= 15 is 0 Å². The van der Waals surface area contributed by atoms with Gasteiger partial charge in [-0.15, -0.1) is 0 Å². The van der Waals surface area contributed by atoms with E-state index in [9.17, 15) is 0 Å². The summed E-state index contributed by atoms with van der Waals surface area (Å²) < 4.78 is 0. The lowest BCUT2D eigenvalue weighted by molar-refractivity contribution is 0.255. The summed E-state index contributed by atoms with van der Waals surface area (Å²) in [4.78, 5) is 4.50. The number of benzene rings is 1. The van der Waals surface area contributed by atoms with Gasteiger partial charge in [0.15, 0.2) is 0 Å². The third-order valence-corrected chi connectivity index (χ3v) is 4.57. The van der Waals surface area contributed by atoms with Crippen molar-refractivity contribution in [1.29, 1.82) is 0 Å². The predicted molar refractivity (Wildman–Crippen MR) is 84.7 cm³/mol. The molecule has 1 aliphatic carbocycles. The first-order valence-corrected chi connectivity index (χ1v) is 7.66. The van der Waals surface area contributed by atoms with E-state index in [0.717, 1.165) is 18.9 Å². The van der Waals surface area contributed by atoms with E-state index in [-0.39, 0.29) is 0 Å². The number of nitrogens with zero attached hydrogens (tertiary/aromatic N) is 1. The molecule has 1 heterocycles. The molecule has 3 rings (SSSR count). The number of nitrogens with one attached hydrogen (secondary N) is 1. The zero-order chi connectivity index (χ0) is 13.8. The van der Waals surface area contributed by atoms with Gasteiger partial charge < -0.3 is 11.1 Å². The molecule has 1 fully saturated rings. The van der Waals surface area contributed by atoms with E-state index in [4.69, 9.17) is 5.73 Å². The van der Waals surface area contributed by atoms with Gasteiger partial charge in [0.05, 0.1) is 0 Å². The molecule has 0 spiro atoms. The molecule has 1 aliphatic rings. The molecule has 1 saturated carbocycles. The van der Waals surface area contributed by atoms with E-state index in [1.54, 1.807) is 0 Å². The number of nitrogens with two attached hydrogens (primary N) is 1. The summed E-state index contributed by atoms with van der Waals surface area (Å²) in [5.41, 5.74) is 5.91. The fraction of sp³-hybridized carbons (Fsp3) is 0.471. The number of pyridine rings is 1. The SMILES string of the molecule is NCC1CCCCC1CNc1nccc2ccccc12. The first kappa shape index (κ1) is 13.4. The van der Waals surface area contributed by atoms with Crippen LogP contribution < -0.4 is 11.1 Å². The normalized spacial score (nSPS) is 22.9. The Hall–Kier alpha value is -1.61. The van der Waals surface area contributed by atoms with Gasteiger partial charge in [-0.05, 0) is 42.7 Å². The van der Waals surface area contributed by atoms with Gasteiger partial charge >= 0.3 is 0 Å². The quantitative estimate of drug-likeness (QED) is 0.894. The summed E-state index contributed by atoms with van der Waals surface area (Å²) in [6.07, 6.45) is 7.13. The Kier molecular flexibility index (Phi) is 4.16. The molecule has 2 aromatic rings. The van der Waals surface area contributed by atoms with E-state index < -0.39 is 0 Å². The Morgan fingerprint density at radius 3 is 2.75 bits per heavy atom. The summed E-state index contributed by atoms with van der Waals surface area (Å²) >= 11 is 0. The van der Waals surface area contributed by atoms with Crippen LogP contribution in [-0.4, -0.2) is 18.1 Å². The Bertz CT molecular complexity index is 562. The maximum Gasteiger partial charge on any atom is 0.133 e. The molecule has 2 atom stereocenters. The van der Waals surface area contributed by atoms with Crippen molar-refractivity contribution in [3.8, 4) is 0 Å². The molecule has 3 heteroatoms. The molecular weight excluding hydrogens is 246 g/mol. The minimum atomic E-state index is 0.672. The van der Waals surface area contributed by atoms with Gasteiger partial charge in [-0.2, -0.15) is 0 Å². The number of anilines is 1. The smallest absolute Gasteiger partial charge is 0.133 e. The van der Waals surface area contributed by atoms with Crippen molar-refractivity contribution in [3.63, 3.8) is 0 Å². The van der Waals surface area contributed by atoms with Crippen molar-refractivity contribution in [2.45, 2.75) is 25.7 Å². The van der Waals surface area contributed by atoms with Crippen LogP contribution in [0.15, 0.2) is 36.5 Å². The van der Waals surface area contributed by atoms with Gasteiger partial charge in [-0.25, -0.2) is 4.98 Å². The molecule has 0 aliphatic heterocycles. The van der Waals surface area contributed by atoms with Crippen molar-refractivity contribution in [1.82, 2.24) is 4.98 Å². The fourth-order valence-corrected chi connectivity index (χ4v) is 3.35. The molecule has 3 nitrogen and oxygen atoms in total. The van der Waals surface area contributed by atoms with Gasteiger partial charge in [0.2, 0.25) is 0 Å². The second-order valence-corrected chi connectivity index (χ2v) is 5.80. The number of fused-ring (bicyclic) bond motifs is 1. The van der Waals surface area contributed by atoms with Gasteiger partial charge in [0, 0.05) is 18.1 Å². The topological polar surface area (TPSA) is 50.9 Å². The van der Waals surface area contributed by atoms with Crippen molar-refractivity contribution in [3.05, 3.63) is 36.5 Å². The molecule has 1 aromatic heterocycles. The Morgan fingerprint density at radius 2 is 1.90 bits per heavy atom. The molecule has 0 amide bonds. The van der Waals surface area contributed by atoms with Crippen LogP contribution in [0.3, 0.4) is 0 Å². The van der Waals surface area contributed by atoms with Crippen molar-refractivity contribution in [2.75, 3.05) is 18.4 Å². The average molecular weight is 269 g/mol. The third kappa shape index (κ3) is 2.78. The van der Waals surface area contributed by atoms with Crippen LogP contribution in [0.25, 0.3) is 10.8 Å². The molecule has 3 N–H and O–H groups in total. The first-order chi connectivity index (χ1) is 9.88. The average Bonchev–Trinajstić information content (AvgIpc) is 2.53. The standard InChI is InChI=1S/C17H23N3/c18-11-14-6-1-2-7-15(14)12-20-17-16-8-4-3-5-13(16)9-10-19-17/h3-5,8-10,14-15H,1-2,6-7,11-12,18H2,(H,19,20). The lowest BCUT2D eigenvalue weighted by Crippen LogP contribution is -2.31. The second-order valence-electron chi connectivity index (χ2n) is 5.80. The number of rotatable bonds is 4. The Morgan fingerprint density at radius 1 is 1.10 bits per heavy atom. The molecule has 106 valence electrons. The summed E-state index contributed by atoms with van der Waals surface area (Å²) in [6, 6.07) is 10.5. The molecule has 0 bridgehead atoms. The highest BCUT2D eigenvalue weighted by atomic mass is 15.0. The zero-order valence-corrected chi connectivity index (χ0v) is 11.9. The van der Waals surface area contributed by atoms with Crippen molar-refractivity contribution >= 4 is 16.6 Å². The van der Waals surface area contributed by atoms with Crippen molar-refractivity contribution in [2.24, 2.45) is 17.6 Å². The van der Waals surface area contributed by atoms with Gasteiger partial charge in [-0.1, -0.05) is 37.1 Å². The minimum Gasteiger partial charge on any atom is -0.369 e.